The van der Waals surface area contributed by atoms with E-state index in [2.05, 4.69) is 0 Å². The molecule has 7 heteroatoms. The second-order valence-electron chi connectivity index (χ2n) is 5.63. The van der Waals surface area contributed by atoms with E-state index in [0.717, 1.165) is 6.08 Å². The lowest BCUT2D eigenvalue weighted by molar-refractivity contribution is 0.0475. The van der Waals surface area contributed by atoms with Crippen LogP contribution in [0.3, 0.4) is 0 Å². The van der Waals surface area contributed by atoms with Gasteiger partial charge in [-0.05, 0) is 35.4 Å². The van der Waals surface area contributed by atoms with Crippen LogP contribution in [0.1, 0.15) is 21.5 Å². The van der Waals surface area contributed by atoms with Gasteiger partial charge in [-0.25, -0.2) is 13.6 Å². The molecule has 0 heterocycles. The Morgan fingerprint density at radius 3 is 2.44 bits per heavy atom. The minimum atomic E-state index is -3.55. The van der Waals surface area contributed by atoms with Crippen molar-refractivity contribution in [1.29, 1.82) is 5.26 Å². The predicted molar refractivity (Wildman–Crippen MR) is 95.2 cm³/mol. The number of hydrogen-bond acceptors (Lipinski definition) is 4. The first kappa shape index (κ1) is 19.9. The first-order valence-corrected chi connectivity index (χ1v) is 7.85. The van der Waals surface area contributed by atoms with Gasteiger partial charge in [0.05, 0.1) is 25.4 Å². The zero-order chi connectivity index (χ0) is 20.0. The second-order valence-corrected chi connectivity index (χ2v) is 5.63. The fourth-order valence-corrected chi connectivity index (χ4v) is 2.55. The fourth-order valence-electron chi connectivity index (χ4n) is 2.55. The number of methoxy groups -OCH3 is 2. The highest BCUT2D eigenvalue weighted by atomic mass is 19.3. The molecule has 0 aromatic heterocycles. The number of nitrogens with zero attached hydrogens (tertiary/aromatic N) is 1. The van der Waals surface area contributed by atoms with Crippen molar-refractivity contribution >= 4 is 12.0 Å². The van der Waals surface area contributed by atoms with E-state index >= 15 is 0 Å². The van der Waals surface area contributed by atoms with Gasteiger partial charge in [-0.1, -0.05) is 24.3 Å². The second kappa shape index (κ2) is 8.32. The van der Waals surface area contributed by atoms with Crippen LogP contribution in [0.25, 0.3) is 6.08 Å². The topological polar surface area (TPSA) is 79.5 Å². The molecule has 2 aromatic rings. The maximum absolute atomic E-state index is 14.7. The number of allylic oxidation sites excluding steroid dienone is 1. The molecule has 0 amide bonds. The minimum absolute atomic E-state index is 0.0524. The van der Waals surface area contributed by atoms with Gasteiger partial charge in [-0.15, -0.1) is 0 Å². The monoisotopic (exact) mass is 373 g/mol. The average Bonchev–Trinajstić information content (AvgIpc) is 2.65. The molecule has 0 fully saturated rings. The van der Waals surface area contributed by atoms with Gasteiger partial charge in [0.15, 0.2) is 11.5 Å². The van der Waals surface area contributed by atoms with Gasteiger partial charge in [0, 0.05) is 6.42 Å². The highest BCUT2D eigenvalue weighted by molar-refractivity contribution is 5.89. The SMILES string of the molecule is COc1ccc(/C=C(\C#N)C(F)(F)Cc2ccccc2C(=O)O)cc1OC. The first-order chi connectivity index (χ1) is 12.8. The van der Waals surface area contributed by atoms with Crippen LogP contribution >= 0.6 is 0 Å². The quantitative estimate of drug-likeness (QED) is 0.736. The van der Waals surface area contributed by atoms with Crippen LogP contribution in [-0.4, -0.2) is 31.2 Å². The molecule has 1 N–H and O–H groups in total. The summed E-state index contributed by atoms with van der Waals surface area (Å²) in [5.41, 5.74) is -0.727. The van der Waals surface area contributed by atoms with E-state index in [9.17, 15) is 18.8 Å². The highest BCUT2D eigenvalue weighted by Crippen LogP contribution is 2.33. The lowest BCUT2D eigenvalue weighted by atomic mass is 9.96. The van der Waals surface area contributed by atoms with E-state index < -0.39 is 23.9 Å². The average molecular weight is 373 g/mol. The number of carboxylic acid groups (broad SMARTS) is 1. The predicted octanol–water partition coefficient (Wildman–Crippen LogP) is 4.19. The lowest BCUT2D eigenvalue weighted by Gasteiger charge is -2.17. The number of hydrogen-bond donors (Lipinski definition) is 1. The number of halogens is 2. The molecule has 5 nitrogen and oxygen atoms in total. The largest absolute Gasteiger partial charge is 0.493 e. The Labute approximate surface area is 155 Å². The molecule has 2 aromatic carbocycles. The number of aromatic carboxylic acids is 1. The number of benzene rings is 2. The number of nitriles is 1. The summed E-state index contributed by atoms with van der Waals surface area (Å²) < 4.78 is 39.6. The molecule has 0 atom stereocenters. The van der Waals surface area contributed by atoms with Crippen molar-refractivity contribution in [2.75, 3.05) is 14.2 Å². The van der Waals surface area contributed by atoms with E-state index in [4.69, 9.17) is 14.6 Å². The summed E-state index contributed by atoms with van der Waals surface area (Å²) in [7, 11) is 2.86. The molecule has 0 aliphatic carbocycles. The molecule has 0 unspecified atom stereocenters. The van der Waals surface area contributed by atoms with Crippen molar-refractivity contribution in [3.63, 3.8) is 0 Å². The van der Waals surface area contributed by atoms with Crippen LogP contribution in [0, 0.1) is 11.3 Å². The van der Waals surface area contributed by atoms with Crippen LogP contribution in [0.2, 0.25) is 0 Å². The molecule has 0 aliphatic rings. The van der Waals surface area contributed by atoms with E-state index in [1.165, 1.54) is 62.8 Å². The highest BCUT2D eigenvalue weighted by Gasteiger charge is 2.36. The van der Waals surface area contributed by atoms with Gasteiger partial charge in [-0.2, -0.15) is 5.26 Å². The zero-order valence-electron chi connectivity index (χ0n) is 14.7. The van der Waals surface area contributed by atoms with Gasteiger partial charge in [-0.3, -0.25) is 0 Å². The lowest BCUT2D eigenvalue weighted by Crippen LogP contribution is -2.23. The first-order valence-electron chi connectivity index (χ1n) is 7.85. The van der Waals surface area contributed by atoms with Crippen molar-refractivity contribution in [1.82, 2.24) is 0 Å². The Morgan fingerprint density at radius 1 is 1.19 bits per heavy atom. The third-order valence-corrected chi connectivity index (χ3v) is 3.89. The normalized spacial score (nSPS) is 11.6. The summed E-state index contributed by atoms with van der Waals surface area (Å²) in [5.74, 6) is -4.09. The molecule has 0 saturated carbocycles. The van der Waals surface area contributed by atoms with Crippen LogP contribution in [0.4, 0.5) is 8.78 Å². The smallest absolute Gasteiger partial charge is 0.335 e. The Morgan fingerprint density at radius 2 is 1.85 bits per heavy atom. The standard InChI is InChI=1S/C20H17F2NO4/c1-26-17-8-7-13(10-18(17)27-2)9-15(12-23)20(21,22)11-14-5-3-4-6-16(14)19(24)25/h3-10H,11H2,1-2H3,(H,24,25)/b15-9+. The molecular weight excluding hydrogens is 356 g/mol. The van der Waals surface area contributed by atoms with Crippen molar-refractivity contribution in [2.45, 2.75) is 12.3 Å². The zero-order valence-corrected chi connectivity index (χ0v) is 14.7. The summed E-state index contributed by atoms with van der Waals surface area (Å²) in [6.45, 7) is 0. The number of rotatable bonds is 7. The Bertz CT molecular complexity index is 916. The summed E-state index contributed by atoms with van der Waals surface area (Å²) in [6.07, 6.45) is 0.146. The summed E-state index contributed by atoms with van der Waals surface area (Å²) in [6, 6.07) is 11.5. The van der Waals surface area contributed by atoms with Gasteiger partial charge < -0.3 is 14.6 Å². The molecule has 27 heavy (non-hydrogen) atoms. The summed E-state index contributed by atoms with van der Waals surface area (Å²) >= 11 is 0. The van der Waals surface area contributed by atoms with Gasteiger partial charge in [0.2, 0.25) is 0 Å². The van der Waals surface area contributed by atoms with Crippen LogP contribution in [-0.2, 0) is 6.42 Å². The Balaban J connectivity index is 2.40. The van der Waals surface area contributed by atoms with Crippen LogP contribution in [0.5, 0.6) is 11.5 Å². The fraction of sp³-hybridized carbons (Fsp3) is 0.200. The van der Waals surface area contributed by atoms with Crippen molar-refractivity contribution < 1.29 is 28.2 Å². The third-order valence-electron chi connectivity index (χ3n) is 3.89. The summed E-state index contributed by atoms with van der Waals surface area (Å²) in [5, 5.41) is 18.4. The number of carbonyl (C=O) groups is 1. The summed E-state index contributed by atoms with van der Waals surface area (Å²) in [4.78, 5) is 11.2. The van der Waals surface area contributed by atoms with Crippen LogP contribution < -0.4 is 9.47 Å². The maximum Gasteiger partial charge on any atom is 0.335 e. The molecule has 140 valence electrons. The Kier molecular flexibility index (Phi) is 6.14. The van der Waals surface area contributed by atoms with E-state index in [1.807, 2.05) is 0 Å². The number of ether oxygens (including phenoxy) is 2. The van der Waals surface area contributed by atoms with Crippen molar-refractivity contribution in [3.05, 3.63) is 64.7 Å². The van der Waals surface area contributed by atoms with Crippen molar-refractivity contribution in [2.24, 2.45) is 0 Å². The molecule has 0 aliphatic heterocycles. The van der Waals surface area contributed by atoms with Crippen molar-refractivity contribution in [3.8, 4) is 17.6 Å². The number of carboxylic acids is 1. The molecule has 0 spiro atoms. The Hall–Kier alpha value is -3.40. The van der Waals surface area contributed by atoms with Crippen LogP contribution in [0.15, 0.2) is 48.0 Å². The van der Waals surface area contributed by atoms with Gasteiger partial charge >= 0.3 is 5.97 Å². The molecule has 0 radical (unpaired) electrons. The minimum Gasteiger partial charge on any atom is -0.493 e. The van der Waals surface area contributed by atoms with Gasteiger partial charge in [0.1, 0.15) is 6.07 Å². The van der Waals surface area contributed by atoms with E-state index in [0.29, 0.717) is 17.1 Å². The number of alkyl halides is 2. The van der Waals surface area contributed by atoms with E-state index in [-0.39, 0.29) is 11.1 Å². The molecule has 0 bridgehead atoms. The van der Waals surface area contributed by atoms with E-state index in [1.54, 1.807) is 0 Å². The molecular formula is C20H17F2NO4. The maximum atomic E-state index is 14.7. The molecule has 2 rings (SSSR count). The van der Waals surface area contributed by atoms with Gasteiger partial charge in [0.25, 0.3) is 5.92 Å². The third kappa shape index (κ3) is 4.61. The molecule has 0 saturated heterocycles.